The van der Waals surface area contributed by atoms with Crippen LogP contribution in [0.5, 0.6) is 0 Å². The van der Waals surface area contributed by atoms with Crippen LogP contribution in [0.25, 0.3) is 6.08 Å². The number of nitrogens with zero attached hydrogens (tertiary/aromatic N) is 4. The van der Waals surface area contributed by atoms with Crippen LogP contribution in [0, 0.1) is 5.41 Å². The Morgan fingerprint density at radius 2 is 1.66 bits per heavy atom. The zero-order chi connectivity index (χ0) is 27.8. The molecule has 206 valence electrons. The van der Waals surface area contributed by atoms with Gasteiger partial charge in [-0.25, -0.2) is 14.6 Å². The van der Waals surface area contributed by atoms with Crippen molar-refractivity contribution < 1.29 is 19.2 Å². The first-order valence-electron chi connectivity index (χ1n) is 13.3. The van der Waals surface area contributed by atoms with Crippen LogP contribution in [0.2, 0.25) is 0 Å². The van der Waals surface area contributed by atoms with E-state index in [-0.39, 0.29) is 12.1 Å². The zero-order valence-electron chi connectivity index (χ0n) is 23.6. The molecular weight excluding hydrogens is 480 g/mol. The lowest BCUT2D eigenvalue weighted by molar-refractivity contribution is -0.203. The third-order valence-electron chi connectivity index (χ3n) is 5.91. The van der Waals surface area contributed by atoms with Gasteiger partial charge in [0.2, 0.25) is 0 Å². The molecule has 0 spiro atoms. The smallest absolute Gasteiger partial charge is 0.410 e. The average molecular weight is 523 g/mol. The predicted octanol–water partition coefficient (Wildman–Crippen LogP) is 5.55. The van der Waals surface area contributed by atoms with E-state index in [2.05, 4.69) is 16.0 Å². The summed E-state index contributed by atoms with van der Waals surface area (Å²) in [6.45, 7) is 15.0. The minimum atomic E-state index is -0.569. The van der Waals surface area contributed by atoms with Crippen molar-refractivity contribution in [2.45, 2.75) is 60.1 Å². The molecule has 2 aromatic rings. The maximum atomic E-state index is 12.5. The Labute approximate surface area is 227 Å². The molecule has 3 rings (SSSR count). The molecule has 0 unspecified atom stereocenters. The summed E-state index contributed by atoms with van der Waals surface area (Å²) in [4.78, 5) is 39.0. The third kappa shape index (κ3) is 9.49. The minimum absolute atomic E-state index is 0.246. The number of hydroxylamine groups is 2. The molecular formula is C30H42N4O4. The first-order valence-corrected chi connectivity index (χ1v) is 13.3. The molecule has 1 amide bonds. The molecule has 8 heteroatoms. The fourth-order valence-electron chi connectivity index (χ4n) is 3.76. The topological polar surface area (TPSA) is 75.2 Å². The summed E-state index contributed by atoms with van der Waals surface area (Å²) in [6, 6.07) is 14.0. The standard InChI is InChI=1S/C30H42N4O4/c1-29(2,3)27(35)38-34(23-25-13-8-7-9-14-25)17-11-10-12-24-15-16-26(31-22-24)32-18-20-33(21-19-32)28(36)37-30(4,5)6/h7-10,12-16,22H,11,17-21,23H2,1-6H3/b12-10+. The van der Waals surface area contributed by atoms with Gasteiger partial charge in [0.05, 0.1) is 12.0 Å². The van der Waals surface area contributed by atoms with E-state index in [4.69, 9.17) is 9.57 Å². The Balaban J connectivity index is 1.50. The van der Waals surface area contributed by atoms with Crippen molar-refractivity contribution in [1.82, 2.24) is 14.9 Å². The fraction of sp³-hybridized carbons (Fsp3) is 0.500. The van der Waals surface area contributed by atoms with E-state index in [0.29, 0.717) is 39.3 Å². The monoisotopic (exact) mass is 522 g/mol. The molecule has 0 aliphatic carbocycles. The third-order valence-corrected chi connectivity index (χ3v) is 5.91. The van der Waals surface area contributed by atoms with Gasteiger partial charge in [0, 0.05) is 38.9 Å². The van der Waals surface area contributed by atoms with Gasteiger partial charge in [-0.1, -0.05) is 42.5 Å². The molecule has 0 N–H and O–H groups in total. The van der Waals surface area contributed by atoms with Crippen LogP contribution in [0.15, 0.2) is 54.7 Å². The maximum Gasteiger partial charge on any atom is 0.410 e. The highest BCUT2D eigenvalue weighted by molar-refractivity contribution is 5.75. The van der Waals surface area contributed by atoms with E-state index in [0.717, 1.165) is 23.4 Å². The van der Waals surface area contributed by atoms with Gasteiger partial charge in [0.1, 0.15) is 11.4 Å². The highest BCUT2D eigenvalue weighted by atomic mass is 16.7. The molecule has 1 aliphatic heterocycles. The molecule has 1 aromatic carbocycles. The lowest BCUT2D eigenvalue weighted by atomic mass is 9.98. The first-order chi connectivity index (χ1) is 17.9. The number of pyridine rings is 1. The van der Waals surface area contributed by atoms with Crippen molar-refractivity contribution in [2.75, 3.05) is 37.6 Å². The van der Waals surface area contributed by atoms with Crippen LogP contribution in [0.4, 0.5) is 10.6 Å². The van der Waals surface area contributed by atoms with Crippen LogP contribution in [-0.2, 0) is 20.9 Å². The van der Waals surface area contributed by atoms with Crippen molar-refractivity contribution in [2.24, 2.45) is 5.41 Å². The molecule has 38 heavy (non-hydrogen) atoms. The number of benzene rings is 1. The van der Waals surface area contributed by atoms with Crippen LogP contribution in [-0.4, -0.2) is 65.3 Å². The Morgan fingerprint density at radius 3 is 2.24 bits per heavy atom. The van der Waals surface area contributed by atoms with Crippen molar-refractivity contribution in [3.8, 4) is 0 Å². The normalized spacial score (nSPS) is 14.7. The number of ether oxygens (including phenoxy) is 1. The number of rotatable bonds is 8. The van der Waals surface area contributed by atoms with Gasteiger partial charge in [-0.3, -0.25) is 0 Å². The Morgan fingerprint density at radius 1 is 0.974 bits per heavy atom. The van der Waals surface area contributed by atoms with Gasteiger partial charge in [0.15, 0.2) is 0 Å². The molecule has 2 heterocycles. The van der Waals surface area contributed by atoms with Crippen LogP contribution in [0.1, 0.15) is 59.1 Å². The molecule has 8 nitrogen and oxygen atoms in total. The zero-order valence-corrected chi connectivity index (χ0v) is 23.6. The molecule has 1 saturated heterocycles. The Kier molecular flexibility index (Phi) is 9.91. The summed E-state index contributed by atoms with van der Waals surface area (Å²) in [5.74, 6) is 0.651. The van der Waals surface area contributed by atoms with Crippen molar-refractivity contribution >= 4 is 24.0 Å². The quantitative estimate of drug-likeness (QED) is 0.421. The van der Waals surface area contributed by atoms with E-state index in [1.54, 1.807) is 9.96 Å². The molecule has 1 aromatic heterocycles. The van der Waals surface area contributed by atoms with Gasteiger partial charge in [-0.05, 0) is 71.2 Å². The lowest BCUT2D eigenvalue weighted by Gasteiger charge is -2.36. The van der Waals surface area contributed by atoms with Crippen molar-refractivity contribution in [3.05, 3.63) is 65.9 Å². The van der Waals surface area contributed by atoms with Gasteiger partial charge in [0.25, 0.3) is 0 Å². The van der Waals surface area contributed by atoms with E-state index < -0.39 is 11.0 Å². The highest BCUT2D eigenvalue weighted by Gasteiger charge is 2.27. The number of carbonyl (C=O) groups excluding carboxylic acids is 2. The summed E-state index contributed by atoms with van der Waals surface area (Å²) in [5, 5.41) is 1.73. The summed E-state index contributed by atoms with van der Waals surface area (Å²) in [7, 11) is 0. The number of carbonyl (C=O) groups is 2. The lowest BCUT2D eigenvalue weighted by Crippen LogP contribution is -2.50. The molecule has 0 bridgehead atoms. The Bertz CT molecular complexity index is 1060. The second-order valence-electron chi connectivity index (χ2n) is 11.6. The molecule has 0 radical (unpaired) electrons. The second kappa shape index (κ2) is 12.9. The van der Waals surface area contributed by atoms with E-state index in [1.807, 2.05) is 96.3 Å². The number of hydrogen-bond acceptors (Lipinski definition) is 7. The Hall–Kier alpha value is -3.39. The minimum Gasteiger partial charge on any atom is -0.444 e. The van der Waals surface area contributed by atoms with E-state index in [1.165, 1.54) is 0 Å². The molecule has 0 saturated carbocycles. The predicted molar refractivity (Wildman–Crippen MR) is 150 cm³/mol. The number of anilines is 1. The SMILES string of the molecule is CC(C)(C)OC(=O)N1CCN(c2ccc(/C=C/CCN(Cc3ccccc3)OC(=O)C(C)(C)C)cn2)CC1. The summed E-state index contributed by atoms with van der Waals surface area (Å²) in [5.41, 5.74) is 1.03. The van der Waals surface area contributed by atoms with Crippen LogP contribution >= 0.6 is 0 Å². The summed E-state index contributed by atoms with van der Waals surface area (Å²) < 4.78 is 5.48. The largest absolute Gasteiger partial charge is 0.444 e. The summed E-state index contributed by atoms with van der Waals surface area (Å²) in [6.07, 6.45) is 6.41. The van der Waals surface area contributed by atoms with Gasteiger partial charge < -0.3 is 19.4 Å². The average Bonchev–Trinajstić information content (AvgIpc) is 2.86. The molecule has 1 aliphatic rings. The van der Waals surface area contributed by atoms with Crippen molar-refractivity contribution in [1.29, 1.82) is 0 Å². The summed E-state index contributed by atoms with van der Waals surface area (Å²) >= 11 is 0. The van der Waals surface area contributed by atoms with Crippen molar-refractivity contribution in [3.63, 3.8) is 0 Å². The number of hydrogen-bond donors (Lipinski definition) is 0. The molecule has 1 fully saturated rings. The highest BCUT2D eigenvalue weighted by Crippen LogP contribution is 2.19. The van der Waals surface area contributed by atoms with Crippen LogP contribution < -0.4 is 4.90 Å². The molecule has 0 atom stereocenters. The number of piperazine rings is 1. The maximum absolute atomic E-state index is 12.5. The number of aromatic nitrogens is 1. The fourth-order valence-corrected chi connectivity index (χ4v) is 3.76. The van der Waals surface area contributed by atoms with Gasteiger partial charge in [-0.2, -0.15) is 0 Å². The van der Waals surface area contributed by atoms with Crippen LogP contribution in [0.3, 0.4) is 0 Å². The number of amides is 1. The second-order valence-corrected chi connectivity index (χ2v) is 11.6. The van der Waals surface area contributed by atoms with Gasteiger partial charge >= 0.3 is 12.1 Å². The van der Waals surface area contributed by atoms with E-state index >= 15 is 0 Å². The first kappa shape index (κ1) is 29.2. The van der Waals surface area contributed by atoms with Gasteiger partial charge in [-0.15, -0.1) is 5.06 Å². The van der Waals surface area contributed by atoms with E-state index in [9.17, 15) is 9.59 Å².